The number of benzene rings is 4. The van der Waals surface area contributed by atoms with E-state index in [1.165, 1.54) is 11.1 Å². The molecular weight excluding hydrogens is 402 g/mol. The molecule has 4 aromatic rings. The van der Waals surface area contributed by atoms with Gasteiger partial charge in [-0.2, -0.15) is 0 Å². The van der Waals surface area contributed by atoms with Gasteiger partial charge in [-0.15, -0.1) is 0 Å². The number of carbonyl (C=O) groups excluding carboxylic acids is 1. The summed E-state index contributed by atoms with van der Waals surface area (Å²) >= 11 is 0. The van der Waals surface area contributed by atoms with Gasteiger partial charge in [-0.25, -0.2) is 0 Å². The second kappa shape index (κ2) is 10.2. The molecule has 158 valence electrons. The van der Waals surface area contributed by atoms with Crippen molar-refractivity contribution in [3.05, 3.63) is 125 Å². The summed E-state index contributed by atoms with van der Waals surface area (Å²) in [5, 5.41) is 0. The first-order chi connectivity index (χ1) is 16.1. The van der Waals surface area contributed by atoms with Gasteiger partial charge in [0.2, 0.25) is 0 Å². The van der Waals surface area contributed by atoms with Crippen LogP contribution in [0.2, 0.25) is 0 Å². The summed E-state index contributed by atoms with van der Waals surface area (Å²) in [6.45, 7) is 4.22. The quantitative estimate of drug-likeness (QED) is 0.268. The SMILES string of the molecule is Cc1cccc(N(c2ccc(C#Cc3ccc(C#CC=O)cc3)cc2)c2cccc(C)c2)c1. The molecule has 0 N–H and O–H groups in total. The zero-order chi connectivity index (χ0) is 23.0. The number of hydrogen-bond donors (Lipinski definition) is 0. The van der Waals surface area contributed by atoms with E-state index in [9.17, 15) is 4.79 Å². The smallest absolute Gasteiger partial charge is 0.193 e. The number of hydrogen-bond acceptors (Lipinski definition) is 2. The van der Waals surface area contributed by atoms with Crippen LogP contribution in [0.4, 0.5) is 17.1 Å². The Labute approximate surface area is 195 Å². The van der Waals surface area contributed by atoms with Crippen LogP contribution in [0.5, 0.6) is 0 Å². The van der Waals surface area contributed by atoms with Crippen LogP contribution in [-0.2, 0) is 4.79 Å². The molecule has 0 spiro atoms. The third kappa shape index (κ3) is 5.59. The lowest BCUT2D eigenvalue weighted by Gasteiger charge is -2.26. The molecule has 0 bridgehead atoms. The number of carbonyl (C=O) groups is 1. The number of nitrogens with zero attached hydrogens (tertiary/aromatic N) is 1. The molecule has 0 aliphatic heterocycles. The first kappa shape index (κ1) is 21.7. The van der Waals surface area contributed by atoms with Gasteiger partial charge in [-0.1, -0.05) is 42.0 Å². The second-order valence-electron chi connectivity index (χ2n) is 7.77. The molecule has 0 atom stereocenters. The van der Waals surface area contributed by atoms with Crippen molar-refractivity contribution in [3.63, 3.8) is 0 Å². The van der Waals surface area contributed by atoms with Gasteiger partial charge in [0.15, 0.2) is 6.29 Å². The van der Waals surface area contributed by atoms with E-state index in [4.69, 9.17) is 0 Å². The fourth-order valence-corrected chi connectivity index (χ4v) is 3.57. The molecule has 0 aromatic heterocycles. The van der Waals surface area contributed by atoms with E-state index in [2.05, 4.69) is 103 Å². The molecule has 0 fully saturated rings. The molecule has 0 amide bonds. The van der Waals surface area contributed by atoms with E-state index in [0.717, 1.165) is 33.8 Å². The minimum absolute atomic E-state index is 0.594. The molecule has 33 heavy (non-hydrogen) atoms. The summed E-state index contributed by atoms with van der Waals surface area (Å²) in [6.07, 6.45) is 0.594. The molecule has 2 heteroatoms. The molecule has 0 saturated carbocycles. The Bertz CT molecular complexity index is 1350. The Morgan fingerprint density at radius 2 is 1.03 bits per heavy atom. The molecule has 0 heterocycles. The number of aldehydes is 1. The number of aryl methyl sites for hydroxylation is 2. The lowest BCUT2D eigenvalue weighted by Crippen LogP contribution is -2.10. The van der Waals surface area contributed by atoms with Crippen LogP contribution >= 0.6 is 0 Å². The maximum absolute atomic E-state index is 10.4. The minimum atomic E-state index is 0.594. The van der Waals surface area contributed by atoms with Gasteiger partial charge < -0.3 is 4.90 Å². The van der Waals surface area contributed by atoms with E-state index >= 15 is 0 Å². The second-order valence-corrected chi connectivity index (χ2v) is 7.77. The third-order valence-electron chi connectivity index (χ3n) is 5.16. The van der Waals surface area contributed by atoms with E-state index in [0.29, 0.717) is 6.29 Å². The summed E-state index contributed by atoms with van der Waals surface area (Å²) in [6, 6.07) is 32.9. The van der Waals surface area contributed by atoms with Crippen molar-refractivity contribution in [3.8, 4) is 23.7 Å². The topological polar surface area (TPSA) is 20.3 Å². The average Bonchev–Trinajstić information content (AvgIpc) is 2.83. The van der Waals surface area contributed by atoms with Crippen molar-refractivity contribution in [2.45, 2.75) is 13.8 Å². The maximum atomic E-state index is 10.4. The fourth-order valence-electron chi connectivity index (χ4n) is 3.57. The summed E-state index contributed by atoms with van der Waals surface area (Å²) in [5.74, 6) is 11.6. The van der Waals surface area contributed by atoms with Crippen LogP contribution in [0.25, 0.3) is 0 Å². The Morgan fingerprint density at radius 1 is 0.576 bits per heavy atom. The van der Waals surface area contributed by atoms with Gasteiger partial charge in [0.05, 0.1) is 0 Å². The summed E-state index contributed by atoms with van der Waals surface area (Å²) in [4.78, 5) is 12.6. The maximum Gasteiger partial charge on any atom is 0.193 e. The van der Waals surface area contributed by atoms with Gasteiger partial charge in [-0.3, -0.25) is 4.79 Å². The van der Waals surface area contributed by atoms with Crippen LogP contribution in [0.3, 0.4) is 0 Å². The lowest BCUT2D eigenvalue weighted by atomic mass is 10.1. The molecule has 0 radical (unpaired) electrons. The third-order valence-corrected chi connectivity index (χ3v) is 5.16. The van der Waals surface area contributed by atoms with Crippen molar-refractivity contribution >= 4 is 23.3 Å². The van der Waals surface area contributed by atoms with Crippen molar-refractivity contribution in [1.82, 2.24) is 0 Å². The molecule has 0 unspecified atom stereocenters. The van der Waals surface area contributed by atoms with Crippen molar-refractivity contribution in [2.24, 2.45) is 0 Å². The van der Waals surface area contributed by atoms with E-state index in [1.807, 2.05) is 36.4 Å². The van der Waals surface area contributed by atoms with E-state index in [-0.39, 0.29) is 0 Å². The van der Waals surface area contributed by atoms with Crippen molar-refractivity contribution in [1.29, 1.82) is 0 Å². The van der Waals surface area contributed by atoms with Crippen LogP contribution in [0.15, 0.2) is 97.1 Å². The van der Waals surface area contributed by atoms with Gasteiger partial charge in [-0.05, 0) is 104 Å². The Kier molecular flexibility index (Phi) is 6.70. The molecule has 2 nitrogen and oxygen atoms in total. The van der Waals surface area contributed by atoms with Gasteiger partial charge in [0, 0.05) is 33.8 Å². The predicted molar refractivity (Wildman–Crippen MR) is 136 cm³/mol. The van der Waals surface area contributed by atoms with Crippen LogP contribution < -0.4 is 4.90 Å². The monoisotopic (exact) mass is 425 g/mol. The lowest BCUT2D eigenvalue weighted by molar-refractivity contribution is -0.103. The van der Waals surface area contributed by atoms with Crippen LogP contribution in [0, 0.1) is 37.5 Å². The highest BCUT2D eigenvalue weighted by molar-refractivity contribution is 5.77. The highest BCUT2D eigenvalue weighted by atomic mass is 16.1. The van der Waals surface area contributed by atoms with Gasteiger partial charge >= 0.3 is 0 Å². The first-order valence-corrected chi connectivity index (χ1v) is 10.7. The van der Waals surface area contributed by atoms with Crippen LogP contribution in [-0.4, -0.2) is 6.29 Å². The highest BCUT2D eigenvalue weighted by Crippen LogP contribution is 2.35. The largest absolute Gasteiger partial charge is 0.310 e. The molecule has 0 aliphatic rings. The molecule has 4 rings (SSSR count). The van der Waals surface area contributed by atoms with Crippen molar-refractivity contribution in [2.75, 3.05) is 4.90 Å². The predicted octanol–water partition coefficient (Wildman–Crippen LogP) is 6.72. The molecule has 0 saturated heterocycles. The molecular formula is C31H23NO. The summed E-state index contributed by atoms with van der Waals surface area (Å²) in [7, 11) is 0. The first-order valence-electron chi connectivity index (χ1n) is 10.7. The average molecular weight is 426 g/mol. The molecule has 4 aromatic carbocycles. The minimum Gasteiger partial charge on any atom is -0.310 e. The van der Waals surface area contributed by atoms with E-state index in [1.54, 1.807) is 0 Å². The van der Waals surface area contributed by atoms with Gasteiger partial charge in [0.25, 0.3) is 0 Å². The normalized spacial score (nSPS) is 9.76. The summed E-state index contributed by atoms with van der Waals surface area (Å²) in [5.41, 5.74) is 8.40. The highest BCUT2D eigenvalue weighted by Gasteiger charge is 2.12. The summed E-state index contributed by atoms with van der Waals surface area (Å²) < 4.78 is 0. The zero-order valence-electron chi connectivity index (χ0n) is 18.7. The Morgan fingerprint density at radius 3 is 1.48 bits per heavy atom. The van der Waals surface area contributed by atoms with Crippen molar-refractivity contribution < 1.29 is 4.79 Å². The molecule has 0 aliphatic carbocycles. The zero-order valence-corrected chi connectivity index (χ0v) is 18.7. The standard InChI is InChI=1S/C31H23NO/c1-24-6-3-9-30(22-24)32(31-10-4-7-25(2)23-31)29-19-17-28(18-20-29)16-15-27-13-11-26(12-14-27)8-5-21-33/h3-4,6-7,9-14,17-23H,1-2H3. The van der Waals surface area contributed by atoms with E-state index < -0.39 is 0 Å². The van der Waals surface area contributed by atoms with Crippen LogP contribution in [0.1, 0.15) is 27.8 Å². The Hall–Kier alpha value is -4.53. The number of anilines is 3. The number of rotatable bonds is 3. The van der Waals surface area contributed by atoms with Gasteiger partial charge in [0.1, 0.15) is 0 Å². The Balaban J connectivity index is 1.62. The fraction of sp³-hybridized carbons (Fsp3) is 0.0645.